The first-order valence-corrected chi connectivity index (χ1v) is 6.70. The van der Waals surface area contributed by atoms with E-state index < -0.39 is 0 Å². The molecule has 0 saturated carbocycles. The fraction of sp³-hybridized carbons (Fsp3) is 0.692. The van der Waals surface area contributed by atoms with E-state index in [1.54, 1.807) is 12.4 Å². The molecule has 0 spiro atoms. The van der Waals surface area contributed by atoms with Gasteiger partial charge in [0, 0.05) is 19.1 Å². The lowest BCUT2D eigenvalue weighted by molar-refractivity contribution is 0.322. The third-order valence-electron chi connectivity index (χ3n) is 3.53. The molecular weight excluding hydrogens is 228 g/mol. The lowest BCUT2D eigenvalue weighted by atomic mass is 9.91. The van der Waals surface area contributed by atoms with Gasteiger partial charge in [-0.1, -0.05) is 13.3 Å². The molecule has 1 saturated heterocycles. The maximum atomic E-state index is 6.12. The Labute approximate surface area is 108 Å². The molecule has 0 amide bonds. The highest BCUT2D eigenvalue weighted by Gasteiger charge is 2.26. The minimum absolute atomic E-state index is 0.314. The molecule has 18 heavy (non-hydrogen) atoms. The normalized spacial score (nSPS) is 24.1. The quantitative estimate of drug-likeness (QED) is 0.876. The van der Waals surface area contributed by atoms with E-state index in [0.29, 0.717) is 24.4 Å². The van der Waals surface area contributed by atoms with Crippen molar-refractivity contribution in [2.45, 2.75) is 32.7 Å². The van der Waals surface area contributed by atoms with E-state index in [9.17, 15) is 0 Å². The van der Waals surface area contributed by atoms with Crippen molar-refractivity contribution in [2.75, 3.05) is 24.6 Å². The molecule has 100 valence electrons. The molecule has 2 atom stereocenters. The molecule has 0 radical (unpaired) electrons. The van der Waals surface area contributed by atoms with Crippen LogP contribution in [0, 0.1) is 5.92 Å². The van der Waals surface area contributed by atoms with Gasteiger partial charge in [0.1, 0.15) is 0 Å². The molecule has 1 aromatic rings. The second-order valence-electron chi connectivity index (χ2n) is 4.72. The van der Waals surface area contributed by atoms with Crippen molar-refractivity contribution in [2.24, 2.45) is 11.7 Å². The fourth-order valence-corrected chi connectivity index (χ4v) is 2.40. The van der Waals surface area contributed by atoms with Crippen molar-refractivity contribution in [3.05, 3.63) is 12.4 Å². The summed E-state index contributed by atoms with van der Waals surface area (Å²) < 4.78 is 5.39. The second kappa shape index (κ2) is 6.00. The fourth-order valence-electron chi connectivity index (χ4n) is 2.40. The SMILES string of the molecule is CCOc1cncc(N2CCC(N)C(CC)C2)n1. The van der Waals surface area contributed by atoms with E-state index in [-0.39, 0.29) is 0 Å². The Morgan fingerprint density at radius 3 is 3.00 bits per heavy atom. The highest BCUT2D eigenvalue weighted by atomic mass is 16.5. The van der Waals surface area contributed by atoms with Crippen molar-refractivity contribution < 1.29 is 4.74 Å². The first kappa shape index (κ1) is 13.1. The van der Waals surface area contributed by atoms with Gasteiger partial charge < -0.3 is 15.4 Å². The third kappa shape index (κ3) is 2.90. The zero-order chi connectivity index (χ0) is 13.0. The molecule has 2 unspecified atom stereocenters. The van der Waals surface area contributed by atoms with Crippen LogP contribution in [0.25, 0.3) is 0 Å². The van der Waals surface area contributed by atoms with Crippen molar-refractivity contribution >= 4 is 5.82 Å². The number of hydrogen-bond acceptors (Lipinski definition) is 5. The zero-order valence-electron chi connectivity index (χ0n) is 11.2. The number of piperidine rings is 1. The van der Waals surface area contributed by atoms with Crippen molar-refractivity contribution in [3.8, 4) is 5.88 Å². The van der Waals surface area contributed by atoms with Gasteiger partial charge in [-0.2, -0.15) is 4.98 Å². The number of nitrogens with zero attached hydrogens (tertiary/aromatic N) is 3. The number of anilines is 1. The molecule has 1 aliphatic rings. The number of nitrogens with two attached hydrogens (primary N) is 1. The summed E-state index contributed by atoms with van der Waals surface area (Å²) in [4.78, 5) is 10.9. The van der Waals surface area contributed by atoms with Gasteiger partial charge in [-0.05, 0) is 19.3 Å². The van der Waals surface area contributed by atoms with Gasteiger partial charge in [-0.3, -0.25) is 4.98 Å². The Morgan fingerprint density at radius 2 is 2.28 bits per heavy atom. The molecule has 0 bridgehead atoms. The summed E-state index contributed by atoms with van der Waals surface area (Å²) in [6.07, 6.45) is 5.57. The minimum atomic E-state index is 0.314. The zero-order valence-corrected chi connectivity index (χ0v) is 11.2. The average Bonchev–Trinajstić information content (AvgIpc) is 2.40. The van der Waals surface area contributed by atoms with Crippen LogP contribution in [0.15, 0.2) is 12.4 Å². The highest BCUT2D eigenvalue weighted by molar-refractivity contribution is 5.38. The number of hydrogen-bond donors (Lipinski definition) is 1. The molecule has 1 aromatic heterocycles. The van der Waals surface area contributed by atoms with Crippen molar-refractivity contribution in [1.82, 2.24) is 9.97 Å². The van der Waals surface area contributed by atoms with Gasteiger partial charge in [0.15, 0.2) is 5.82 Å². The first-order chi connectivity index (χ1) is 8.74. The van der Waals surface area contributed by atoms with Crippen LogP contribution in [0.1, 0.15) is 26.7 Å². The van der Waals surface area contributed by atoms with Crippen molar-refractivity contribution in [1.29, 1.82) is 0 Å². The topological polar surface area (TPSA) is 64.3 Å². The van der Waals surface area contributed by atoms with Gasteiger partial charge in [0.05, 0.1) is 19.0 Å². The summed E-state index contributed by atoms with van der Waals surface area (Å²) in [6.45, 7) is 6.65. The molecule has 5 nitrogen and oxygen atoms in total. The van der Waals surface area contributed by atoms with Crippen LogP contribution < -0.4 is 15.4 Å². The van der Waals surface area contributed by atoms with Crippen LogP contribution in [-0.4, -0.2) is 35.7 Å². The van der Waals surface area contributed by atoms with Gasteiger partial charge >= 0.3 is 0 Å². The molecule has 5 heteroatoms. The molecule has 0 aliphatic carbocycles. The predicted octanol–water partition coefficient (Wildman–Crippen LogP) is 1.44. The van der Waals surface area contributed by atoms with Gasteiger partial charge in [0.2, 0.25) is 5.88 Å². The van der Waals surface area contributed by atoms with Crippen LogP contribution in [0.3, 0.4) is 0 Å². The predicted molar refractivity (Wildman–Crippen MR) is 71.8 cm³/mol. The summed E-state index contributed by atoms with van der Waals surface area (Å²) in [5.41, 5.74) is 6.12. The Hall–Kier alpha value is -1.36. The van der Waals surface area contributed by atoms with Crippen LogP contribution in [0.2, 0.25) is 0 Å². The summed E-state index contributed by atoms with van der Waals surface area (Å²) in [5, 5.41) is 0. The van der Waals surface area contributed by atoms with E-state index in [4.69, 9.17) is 10.5 Å². The summed E-state index contributed by atoms with van der Waals surface area (Å²) in [5.74, 6) is 2.03. The Morgan fingerprint density at radius 1 is 1.44 bits per heavy atom. The highest BCUT2D eigenvalue weighted by Crippen LogP contribution is 2.23. The van der Waals surface area contributed by atoms with E-state index in [2.05, 4.69) is 21.8 Å². The molecular formula is C13H22N4O. The average molecular weight is 250 g/mol. The van der Waals surface area contributed by atoms with Crippen LogP contribution >= 0.6 is 0 Å². The van der Waals surface area contributed by atoms with E-state index >= 15 is 0 Å². The standard InChI is InChI=1S/C13H22N4O/c1-3-10-9-17(6-5-11(10)14)12-7-15-8-13(16-12)18-4-2/h7-8,10-11H,3-6,9,14H2,1-2H3. The van der Waals surface area contributed by atoms with Gasteiger partial charge in [-0.25, -0.2) is 0 Å². The largest absolute Gasteiger partial charge is 0.477 e. The third-order valence-corrected chi connectivity index (χ3v) is 3.53. The van der Waals surface area contributed by atoms with Gasteiger partial charge in [-0.15, -0.1) is 0 Å². The Kier molecular flexibility index (Phi) is 4.36. The number of aromatic nitrogens is 2. The molecule has 1 fully saturated rings. The number of ether oxygens (including phenoxy) is 1. The molecule has 1 aliphatic heterocycles. The van der Waals surface area contributed by atoms with Crippen LogP contribution in [0.4, 0.5) is 5.82 Å². The minimum Gasteiger partial charge on any atom is -0.477 e. The van der Waals surface area contributed by atoms with E-state index in [0.717, 1.165) is 31.7 Å². The van der Waals surface area contributed by atoms with E-state index in [1.807, 2.05) is 6.92 Å². The Balaban J connectivity index is 2.09. The maximum absolute atomic E-state index is 6.12. The first-order valence-electron chi connectivity index (χ1n) is 6.70. The Bertz CT molecular complexity index is 385. The van der Waals surface area contributed by atoms with Crippen molar-refractivity contribution in [3.63, 3.8) is 0 Å². The number of rotatable bonds is 4. The van der Waals surface area contributed by atoms with E-state index in [1.165, 1.54) is 0 Å². The molecule has 2 N–H and O–H groups in total. The second-order valence-corrected chi connectivity index (χ2v) is 4.72. The molecule has 2 rings (SSSR count). The van der Waals surface area contributed by atoms with Gasteiger partial charge in [0.25, 0.3) is 0 Å². The summed E-state index contributed by atoms with van der Waals surface area (Å²) >= 11 is 0. The van der Waals surface area contributed by atoms with Crippen LogP contribution in [0.5, 0.6) is 5.88 Å². The lowest BCUT2D eigenvalue weighted by Crippen LogP contribution is -2.47. The molecule has 2 heterocycles. The maximum Gasteiger partial charge on any atom is 0.234 e. The monoisotopic (exact) mass is 250 g/mol. The lowest BCUT2D eigenvalue weighted by Gasteiger charge is -2.37. The van der Waals surface area contributed by atoms with Crippen LogP contribution in [-0.2, 0) is 0 Å². The molecule has 0 aromatic carbocycles. The summed E-state index contributed by atoms with van der Waals surface area (Å²) in [6, 6.07) is 0.314. The summed E-state index contributed by atoms with van der Waals surface area (Å²) in [7, 11) is 0. The smallest absolute Gasteiger partial charge is 0.234 e.